The highest BCUT2D eigenvalue weighted by atomic mass is 16.5. The van der Waals surface area contributed by atoms with Crippen LogP contribution in [-0.2, 0) is 16.0 Å². The topological polar surface area (TPSA) is 79.9 Å². The summed E-state index contributed by atoms with van der Waals surface area (Å²) in [5.41, 5.74) is 3.49. The number of amides is 1. The molecule has 1 aliphatic heterocycles. The Morgan fingerprint density at radius 2 is 2.22 bits per heavy atom. The van der Waals surface area contributed by atoms with Crippen molar-refractivity contribution in [2.45, 2.75) is 45.3 Å². The van der Waals surface area contributed by atoms with E-state index in [4.69, 9.17) is 4.74 Å². The molecule has 0 unspecified atom stereocenters. The molecule has 1 aromatic carbocycles. The Bertz CT molecular complexity index is 669. The van der Waals surface area contributed by atoms with Crippen LogP contribution < -0.4 is 5.32 Å². The van der Waals surface area contributed by atoms with Crippen LogP contribution >= 0.6 is 0 Å². The van der Waals surface area contributed by atoms with E-state index in [0.29, 0.717) is 13.0 Å². The summed E-state index contributed by atoms with van der Waals surface area (Å²) in [6.45, 7) is 4.67. The van der Waals surface area contributed by atoms with Gasteiger partial charge in [-0.05, 0) is 43.4 Å². The maximum atomic E-state index is 12.1. The van der Waals surface area contributed by atoms with Crippen LogP contribution in [0.25, 0.3) is 0 Å². The molecule has 2 atom stereocenters. The first-order valence-corrected chi connectivity index (χ1v) is 7.95. The van der Waals surface area contributed by atoms with Gasteiger partial charge in [0, 0.05) is 6.54 Å². The van der Waals surface area contributed by atoms with Crippen molar-refractivity contribution >= 4 is 5.91 Å². The molecule has 122 valence electrons. The lowest BCUT2D eigenvalue weighted by molar-refractivity contribution is -0.121. The molecule has 0 bridgehead atoms. The number of hydrogen-bond donors (Lipinski definition) is 2. The number of hydrogen-bond acceptors (Lipinski definition) is 4. The van der Waals surface area contributed by atoms with E-state index in [1.807, 2.05) is 6.07 Å². The van der Waals surface area contributed by atoms with Crippen LogP contribution in [0.2, 0.25) is 0 Å². The smallest absolute Gasteiger partial charge is 0.224 e. The third-order valence-electron chi connectivity index (χ3n) is 4.31. The van der Waals surface area contributed by atoms with E-state index in [1.165, 1.54) is 17.5 Å². The monoisotopic (exact) mass is 314 g/mol. The molecule has 3 rings (SSSR count). The minimum Gasteiger partial charge on any atom is -0.365 e. The third-order valence-corrected chi connectivity index (χ3v) is 4.31. The van der Waals surface area contributed by atoms with Crippen molar-refractivity contribution in [1.29, 1.82) is 0 Å². The number of nitrogens with one attached hydrogen (secondary N) is 2. The van der Waals surface area contributed by atoms with E-state index >= 15 is 0 Å². The largest absolute Gasteiger partial charge is 0.365 e. The standard InChI is InChI=1S/C17H22N4O2/c1-11-3-4-13(7-12(11)2)8-16(22)18-9-14-5-6-15(23-14)17-19-10-20-21-17/h3-4,7,10,14-15H,5-6,8-9H2,1-2H3,(H,18,22)(H,19,20,21)/t14-,15+/m1/s1. The van der Waals surface area contributed by atoms with Crippen molar-refractivity contribution in [1.82, 2.24) is 20.5 Å². The fraction of sp³-hybridized carbons (Fsp3) is 0.471. The number of H-pyrrole nitrogens is 1. The molecule has 1 amide bonds. The van der Waals surface area contributed by atoms with Gasteiger partial charge in [-0.3, -0.25) is 9.89 Å². The molecule has 0 radical (unpaired) electrons. The van der Waals surface area contributed by atoms with Crippen LogP contribution in [0.4, 0.5) is 0 Å². The van der Waals surface area contributed by atoms with Gasteiger partial charge in [-0.25, -0.2) is 4.98 Å². The molecule has 2 N–H and O–H groups in total. The molecular formula is C17H22N4O2. The Kier molecular flexibility index (Phi) is 4.71. The maximum absolute atomic E-state index is 12.1. The number of rotatable bonds is 5. The van der Waals surface area contributed by atoms with Gasteiger partial charge >= 0.3 is 0 Å². The van der Waals surface area contributed by atoms with Crippen molar-refractivity contribution in [2.24, 2.45) is 0 Å². The fourth-order valence-electron chi connectivity index (χ4n) is 2.82. The van der Waals surface area contributed by atoms with E-state index in [0.717, 1.165) is 24.2 Å². The van der Waals surface area contributed by atoms with E-state index < -0.39 is 0 Å². The molecule has 23 heavy (non-hydrogen) atoms. The Labute approximate surface area is 135 Å². The minimum atomic E-state index is -0.0425. The summed E-state index contributed by atoms with van der Waals surface area (Å²) in [7, 11) is 0. The lowest BCUT2D eigenvalue weighted by Crippen LogP contribution is -2.33. The third kappa shape index (κ3) is 3.96. The predicted molar refractivity (Wildman–Crippen MR) is 85.9 cm³/mol. The molecule has 6 nitrogen and oxygen atoms in total. The normalized spacial score (nSPS) is 20.6. The highest BCUT2D eigenvalue weighted by molar-refractivity contribution is 5.78. The maximum Gasteiger partial charge on any atom is 0.224 e. The molecule has 6 heteroatoms. The molecule has 0 spiro atoms. The first-order valence-electron chi connectivity index (χ1n) is 7.95. The van der Waals surface area contributed by atoms with Crippen molar-refractivity contribution in [3.05, 3.63) is 47.0 Å². The van der Waals surface area contributed by atoms with Gasteiger partial charge in [0.25, 0.3) is 0 Å². The highest BCUT2D eigenvalue weighted by Gasteiger charge is 2.28. The molecule has 1 aromatic heterocycles. The van der Waals surface area contributed by atoms with Gasteiger partial charge in [0.05, 0.1) is 12.5 Å². The summed E-state index contributed by atoms with van der Waals surface area (Å²) in [6, 6.07) is 6.13. The molecule has 1 fully saturated rings. The second kappa shape index (κ2) is 6.91. The fourth-order valence-corrected chi connectivity index (χ4v) is 2.82. The van der Waals surface area contributed by atoms with Crippen molar-refractivity contribution in [3.8, 4) is 0 Å². The van der Waals surface area contributed by atoms with Crippen molar-refractivity contribution < 1.29 is 9.53 Å². The summed E-state index contributed by atoms with van der Waals surface area (Å²) < 4.78 is 5.89. The highest BCUT2D eigenvalue weighted by Crippen LogP contribution is 2.29. The number of carbonyl (C=O) groups excluding carboxylic acids is 1. The lowest BCUT2D eigenvalue weighted by Gasteiger charge is -2.13. The molecule has 0 saturated carbocycles. The summed E-state index contributed by atoms with van der Waals surface area (Å²) in [6.07, 6.45) is 3.69. The SMILES string of the molecule is Cc1ccc(CC(=O)NC[C@H]2CC[C@@H](c3ncn[nH]3)O2)cc1C. The van der Waals surface area contributed by atoms with Crippen LogP contribution in [0.5, 0.6) is 0 Å². The van der Waals surface area contributed by atoms with Gasteiger partial charge in [0.1, 0.15) is 12.4 Å². The molecule has 1 saturated heterocycles. The first kappa shape index (κ1) is 15.7. The van der Waals surface area contributed by atoms with Gasteiger partial charge in [-0.2, -0.15) is 5.10 Å². The Morgan fingerprint density at radius 1 is 1.35 bits per heavy atom. The Balaban J connectivity index is 1.45. The number of nitrogens with zero attached hydrogens (tertiary/aromatic N) is 2. The molecule has 2 heterocycles. The summed E-state index contributed by atoms with van der Waals surface area (Å²) >= 11 is 0. The zero-order valence-corrected chi connectivity index (χ0v) is 13.5. The van der Waals surface area contributed by atoms with E-state index in [9.17, 15) is 4.79 Å². The zero-order valence-electron chi connectivity index (χ0n) is 13.5. The van der Waals surface area contributed by atoms with Crippen LogP contribution in [0.1, 0.15) is 41.5 Å². The number of aromatic amines is 1. The van der Waals surface area contributed by atoms with Crippen LogP contribution in [0.3, 0.4) is 0 Å². The molecule has 0 aliphatic carbocycles. The Morgan fingerprint density at radius 3 is 2.96 bits per heavy atom. The number of aromatic nitrogens is 3. The van der Waals surface area contributed by atoms with E-state index in [2.05, 4.69) is 46.5 Å². The Hall–Kier alpha value is -2.21. The number of ether oxygens (including phenoxy) is 1. The summed E-state index contributed by atoms with van der Waals surface area (Å²) in [5.74, 6) is 0.786. The van der Waals surface area contributed by atoms with Gasteiger partial charge in [-0.1, -0.05) is 18.2 Å². The average molecular weight is 314 g/mol. The van der Waals surface area contributed by atoms with Gasteiger partial charge < -0.3 is 10.1 Å². The first-order chi connectivity index (χ1) is 11.1. The molecule has 2 aromatic rings. The zero-order chi connectivity index (χ0) is 16.2. The van der Waals surface area contributed by atoms with E-state index in [-0.39, 0.29) is 18.1 Å². The molecule has 1 aliphatic rings. The predicted octanol–water partition coefficient (Wildman–Crippen LogP) is 2.00. The number of aryl methyl sites for hydroxylation is 2. The molecular weight excluding hydrogens is 292 g/mol. The van der Waals surface area contributed by atoms with Gasteiger partial charge in [0.2, 0.25) is 5.91 Å². The van der Waals surface area contributed by atoms with Crippen LogP contribution in [0.15, 0.2) is 24.5 Å². The summed E-state index contributed by atoms with van der Waals surface area (Å²) in [5, 5.41) is 9.64. The lowest BCUT2D eigenvalue weighted by atomic mass is 10.0. The van der Waals surface area contributed by atoms with E-state index in [1.54, 1.807) is 0 Å². The van der Waals surface area contributed by atoms with Gasteiger partial charge in [0.15, 0.2) is 5.82 Å². The summed E-state index contributed by atoms with van der Waals surface area (Å²) in [4.78, 5) is 16.2. The van der Waals surface area contributed by atoms with Crippen LogP contribution in [0, 0.1) is 13.8 Å². The minimum absolute atomic E-state index is 0.0277. The second-order valence-electron chi connectivity index (χ2n) is 6.09. The van der Waals surface area contributed by atoms with Crippen molar-refractivity contribution in [3.63, 3.8) is 0 Å². The quantitative estimate of drug-likeness (QED) is 0.884. The average Bonchev–Trinajstić information content (AvgIpc) is 3.19. The van der Waals surface area contributed by atoms with Crippen molar-refractivity contribution in [2.75, 3.05) is 6.54 Å². The second-order valence-corrected chi connectivity index (χ2v) is 6.09. The van der Waals surface area contributed by atoms with Crippen LogP contribution in [-0.4, -0.2) is 33.7 Å². The van der Waals surface area contributed by atoms with Gasteiger partial charge in [-0.15, -0.1) is 0 Å². The number of carbonyl (C=O) groups is 1. The number of benzene rings is 1.